The predicted octanol–water partition coefficient (Wildman–Crippen LogP) is 2.57. The van der Waals surface area contributed by atoms with Crippen LogP contribution in [0.3, 0.4) is 0 Å². The molecule has 2 rings (SSSR count). The molecule has 2 aromatic rings. The lowest BCUT2D eigenvalue weighted by Gasteiger charge is -2.09. The van der Waals surface area contributed by atoms with Gasteiger partial charge in [-0.05, 0) is 6.07 Å². The SMILES string of the molecule is COc1ccccc1Cc1ncc(CNC(C)C)cn1. The van der Waals surface area contributed by atoms with Crippen LogP contribution in [0.15, 0.2) is 36.7 Å². The number of hydrogen-bond donors (Lipinski definition) is 1. The van der Waals surface area contributed by atoms with Gasteiger partial charge in [-0.3, -0.25) is 0 Å². The summed E-state index contributed by atoms with van der Waals surface area (Å²) < 4.78 is 5.34. The van der Waals surface area contributed by atoms with Crippen LogP contribution in [0.2, 0.25) is 0 Å². The average molecular weight is 271 g/mol. The fraction of sp³-hybridized carbons (Fsp3) is 0.375. The summed E-state index contributed by atoms with van der Waals surface area (Å²) >= 11 is 0. The third kappa shape index (κ3) is 4.03. The minimum absolute atomic E-state index is 0.461. The van der Waals surface area contributed by atoms with Gasteiger partial charge in [0, 0.05) is 42.5 Å². The first-order chi connectivity index (χ1) is 9.69. The van der Waals surface area contributed by atoms with Crippen molar-refractivity contribution in [3.8, 4) is 5.75 Å². The van der Waals surface area contributed by atoms with Crippen molar-refractivity contribution in [3.63, 3.8) is 0 Å². The predicted molar refractivity (Wildman–Crippen MR) is 79.8 cm³/mol. The Labute approximate surface area is 120 Å². The fourth-order valence-electron chi connectivity index (χ4n) is 1.91. The van der Waals surface area contributed by atoms with E-state index in [0.717, 1.165) is 29.2 Å². The smallest absolute Gasteiger partial charge is 0.132 e. The highest BCUT2D eigenvalue weighted by atomic mass is 16.5. The summed E-state index contributed by atoms with van der Waals surface area (Å²) in [5.41, 5.74) is 2.20. The van der Waals surface area contributed by atoms with Crippen molar-refractivity contribution in [3.05, 3.63) is 53.6 Å². The normalized spacial score (nSPS) is 10.8. The topological polar surface area (TPSA) is 47.0 Å². The van der Waals surface area contributed by atoms with E-state index in [0.29, 0.717) is 12.5 Å². The van der Waals surface area contributed by atoms with Crippen LogP contribution in [0.25, 0.3) is 0 Å². The van der Waals surface area contributed by atoms with E-state index < -0.39 is 0 Å². The molecule has 4 nitrogen and oxygen atoms in total. The highest BCUT2D eigenvalue weighted by Crippen LogP contribution is 2.19. The minimum atomic E-state index is 0.461. The lowest BCUT2D eigenvalue weighted by atomic mass is 10.1. The molecule has 0 saturated carbocycles. The Balaban J connectivity index is 2.03. The largest absolute Gasteiger partial charge is 0.496 e. The molecule has 20 heavy (non-hydrogen) atoms. The maximum absolute atomic E-state index is 5.34. The van der Waals surface area contributed by atoms with E-state index in [4.69, 9.17) is 4.74 Å². The lowest BCUT2D eigenvalue weighted by molar-refractivity contribution is 0.410. The van der Waals surface area contributed by atoms with Crippen LogP contribution >= 0.6 is 0 Å². The molecule has 0 radical (unpaired) electrons. The molecular formula is C16H21N3O. The molecule has 0 atom stereocenters. The first-order valence-electron chi connectivity index (χ1n) is 6.84. The van der Waals surface area contributed by atoms with Crippen molar-refractivity contribution in [2.24, 2.45) is 0 Å². The van der Waals surface area contributed by atoms with Crippen LogP contribution in [0.1, 0.15) is 30.8 Å². The van der Waals surface area contributed by atoms with Gasteiger partial charge in [0.2, 0.25) is 0 Å². The van der Waals surface area contributed by atoms with Crippen molar-refractivity contribution in [1.82, 2.24) is 15.3 Å². The Morgan fingerprint density at radius 2 is 1.85 bits per heavy atom. The van der Waals surface area contributed by atoms with Gasteiger partial charge in [0.05, 0.1) is 7.11 Å². The fourth-order valence-corrected chi connectivity index (χ4v) is 1.91. The molecule has 0 aliphatic rings. The number of nitrogens with one attached hydrogen (secondary N) is 1. The molecule has 0 saturated heterocycles. The van der Waals surface area contributed by atoms with E-state index in [2.05, 4.69) is 29.1 Å². The van der Waals surface area contributed by atoms with Crippen LogP contribution in [-0.2, 0) is 13.0 Å². The molecular weight excluding hydrogens is 250 g/mol. The van der Waals surface area contributed by atoms with Gasteiger partial charge in [0.15, 0.2) is 0 Å². The number of nitrogens with zero attached hydrogens (tertiary/aromatic N) is 2. The van der Waals surface area contributed by atoms with Crippen LogP contribution in [0.4, 0.5) is 0 Å². The Morgan fingerprint density at radius 3 is 2.50 bits per heavy atom. The molecule has 0 aliphatic heterocycles. The molecule has 1 aromatic heterocycles. The molecule has 0 unspecified atom stereocenters. The summed E-state index contributed by atoms with van der Waals surface area (Å²) in [5.74, 6) is 1.68. The van der Waals surface area contributed by atoms with Gasteiger partial charge in [-0.2, -0.15) is 0 Å². The van der Waals surface area contributed by atoms with E-state index in [1.807, 2.05) is 36.7 Å². The molecule has 1 aromatic carbocycles. The maximum Gasteiger partial charge on any atom is 0.132 e. The molecule has 0 spiro atoms. The zero-order valence-corrected chi connectivity index (χ0v) is 12.3. The molecule has 4 heteroatoms. The van der Waals surface area contributed by atoms with Gasteiger partial charge in [0.25, 0.3) is 0 Å². The molecule has 0 amide bonds. The van der Waals surface area contributed by atoms with Gasteiger partial charge >= 0.3 is 0 Å². The molecule has 1 N–H and O–H groups in total. The number of para-hydroxylation sites is 1. The van der Waals surface area contributed by atoms with E-state index >= 15 is 0 Å². The Bertz CT molecular complexity index is 538. The lowest BCUT2D eigenvalue weighted by Crippen LogP contribution is -2.22. The van der Waals surface area contributed by atoms with Crippen LogP contribution < -0.4 is 10.1 Å². The van der Waals surface area contributed by atoms with Crippen LogP contribution in [0.5, 0.6) is 5.75 Å². The number of rotatable bonds is 6. The summed E-state index contributed by atoms with van der Waals surface area (Å²) in [6, 6.07) is 8.42. The van der Waals surface area contributed by atoms with Crippen molar-refractivity contribution in [2.45, 2.75) is 32.9 Å². The average Bonchev–Trinajstić information content (AvgIpc) is 2.47. The second-order valence-corrected chi connectivity index (χ2v) is 5.03. The van der Waals surface area contributed by atoms with Crippen molar-refractivity contribution in [1.29, 1.82) is 0 Å². The first kappa shape index (κ1) is 14.5. The van der Waals surface area contributed by atoms with Gasteiger partial charge in [-0.25, -0.2) is 9.97 Å². The first-order valence-corrected chi connectivity index (χ1v) is 6.84. The summed E-state index contributed by atoms with van der Waals surface area (Å²) in [4.78, 5) is 8.84. The number of hydrogen-bond acceptors (Lipinski definition) is 4. The van der Waals surface area contributed by atoms with E-state index in [-0.39, 0.29) is 0 Å². The van der Waals surface area contributed by atoms with Crippen molar-refractivity contribution in [2.75, 3.05) is 7.11 Å². The third-order valence-electron chi connectivity index (χ3n) is 3.01. The van der Waals surface area contributed by atoms with Crippen LogP contribution in [0, 0.1) is 0 Å². The van der Waals surface area contributed by atoms with Crippen molar-refractivity contribution >= 4 is 0 Å². The highest BCUT2D eigenvalue weighted by molar-refractivity contribution is 5.35. The van der Waals surface area contributed by atoms with E-state index in [1.54, 1.807) is 7.11 Å². The zero-order chi connectivity index (χ0) is 14.4. The monoisotopic (exact) mass is 271 g/mol. The maximum atomic E-state index is 5.34. The van der Waals surface area contributed by atoms with Crippen LogP contribution in [-0.4, -0.2) is 23.1 Å². The standard InChI is InChI=1S/C16H21N3O/c1-12(2)17-9-13-10-18-16(19-11-13)8-14-6-4-5-7-15(14)20-3/h4-7,10-12,17H,8-9H2,1-3H3. The van der Waals surface area contributed by atoms with E-state index in [1.165, 1.54) is 0 Å². The van der Waals surface area contributed by atoms with Gasteiger partial charge in [-0.1, -0.05) is 32.0 Å². The summed E-state index contributed by atoms with van der Waals surface area (Å²) in [6.45, 7) is 5.04. The summed E-state index contributed by atoms with van der Waals surface area (Å²) in [5, 5.41) is 3.35. The van der Waals surface area contributed by atoms with Gasteiger partial charge in [0.1, 0.15) is 11.6 Å². The molecule has 0 aliphatic carbocycles. The summed E-state index contributed by atoms with van der Waals surface area (Å²) in [7, 11) is 1.68. The number of methoxy groups -OCH3 is 1. The van der Waals surface area contributed by atoms with Crippen molar-refractivity contribution < 1.29 is 4.74 Å². The van der Waals surface area contributed by atoms with E-state index in [9.17, 15) is 0 Å². The number of benzene rings is 1. The Kier molecular flexibility index (Phi) is 5.07. The molecule has 0 bridgehead atoms. The molecule has 106 valence electrons. The molecule has 0 fully saturated rings. The summed E-state index contributed by atoms with van der Waals surface area (Å²) in [6.07, 6.45) is 4.45. The minimum Gasteiger partial charge on any atom is -0.496 e. The second kappa shape index (κ2) is 7.01. The number of aromatic nitrogens is 2. The third-order valence-corrected chi connectivity index (χ3v) is 3.01. The number of ether oxygens (including phenoxy) is 1. The van der Waals surface area contributed by atoms with Gasteiger partial charge in [-0.15, -0.1) is 0 Å². The Morgan fingerprint density at radius 1 is 1.15 bits per heavy atom. The molecule has 1 heterocycles. The second-order valence-electron chi connectivity index (χ2n) is 5.03. The highest BCUT2D eigenvalue weighted by Gasteiger charge is 2.05. The quantitative estimate of drug-likeness (QED) is 0.877. The zero-order valence-electron chi connectivity index (χ0n) is 12.3. The van der Waals surface area contributed by atoms with Gasteiger partial charge < -0.3 is 10.1 Å². The Hall–Kier alpha value is -1.94.